The smallest absolute Gasteiger partial charge is 0.154 e. The number of hydrogen-bond acceptors (Lipinski definition) is 2. The number of sulfone groups is 1. The van der Waals surface area contributed by atoms with E-state index in [0.29, 0.717) is 5.75 Å². The number of aryl methyl sites for hydroxylation is 2. The van der Waals surface area contributed by atoms with E-state index in [1.54, 1.807) is 0 Å². The molecule has 0 bridgehead atoms. The molecule has 1 aromatic rings. The van der Waals surface area contributed by atoms with Gasteiger partial charge in [-0.3, -0.25) is 0 Å². The summed E-state index contributed by atoms with van der Waals surface area (Å²) >= 11 is 3.63. The van der Waals surface area contributed by atoms with Gasteiger partial charge in [0.05, 0.1) is 15.8 Å². The van der Waals surface area contributed by atoms with E-state index in [-0.39, 0.29) is 10.1 Å². The molecule has 0 amide bonds. The van der Waals surface area contributed by atoms with E-state index in [9.17, 15) is 8.42 Å². The molecule has 2 atom stereocenters. The third-order valence-electron chi connectivity index (χ3n) is 3.69. The average Bonchev–Trinajstić information content (AvgIpc) is 2.31. The number of benzene rings is 1. The molecule has 0 saturated carbocycles. The van der Waals surface area contributed by atoms with Crippen molar-refractivity contribution in [1.82, 2.24) is 0 Å². The van der Waals surface area contributed by atoms with E-state index in [1.165, 1.54) is 5.56 Å². The summed E-state index contributed by atoms with van der Waals surface area (Å²) < 4.78 is 24.3. The van der Waals surface area contributed by atoms with Crippen LogP contribution >= 0.6 is 15.9 Å². The SMILES string of the molecule is Cc1ccc(C)c(C(Br)C2CCCCS2(=O)=O)c1. The highest BCUT2D eigenvalue weighted by atomic mass is 79.9. The second kappa shape index (κ2) is 5.33. The zero-order chi connectivity index (χ0) is 13.3. The van der Waals surface area contributed by atoms with Crippen LogP contribution in [0.15, 0.2) is 18.2 Å². The quantitative estimate of drug-likeness (QED) is 0.774. The van der Waals surface area contributed by atoms with Gasteiger partial charge in [-0.05, 0) is 37.8 Å². The lowest BCUT2D eigenvalue weighted by atomic mass is 9.99. The summed E-state index contributed by atoms with van der Waals surface area (Å²) in [7, 11) is -2.95. The molecular formula is C14H19BrO2S. The number of alkyl halides is 1. The largest absolute Gasteiger partial charge is 0.228 e. The van der Waals surface area contributed by atoms with Crippen LogP contribution in [0.1, 0.15) is 40.8 Å². The highest BCUT2D eigenvalue weighted by molar-refractivity contribution is 9.09. The van der Waals surface area contributed by atoms with Gasteiger partial charge in [0.1, 0.15) is 0 Å². The van der Waals surface area contributed by atoms with Crippen molar-refractivity contribution in [1.29, 1.82) is 0 Å². The standard InChI is InChI=1S/C14H19BrO2S/c1-10-6-7-11(2)12(9-10)14(15)13-5-3-4-8-18(13,16)17/h6-7,9,13-14H,3-5,8H2,1-2H3. The fraction of sp³-hybridized carbons (Fsp3) is 0.571. The van der Waals surface area contributed by atoms with E-state index in [1.807, 2.05) is 13.8 Å². The van der Waals surface area contributed by atoms with Gasteiger partial charge in [0, 0.05) is 0 Å². The first-order chi connectivity index (χ1) is 8.42. The van der Waals surface area contributed by atoms with Crippen LogP contribution in [-0.2, 0) is 9.84 Å². The van der Waals surface area contributed by atoms with Gasteiger partial charge in [-0.1, -0.05) is 46.1 Å². The van der Waals surface area contributed by atoms with Gasteiger partial charge >= 0.3 is 0 Å². The topological polar surface area (TPSA) is 34.1 Å². The van der Waals surface area contributed by atoms with E-state index in [4.69, 9.17) is 0 Å². The maximum Gasteiger partial charge on any atom is 0.154 e. The van der Waals surface area contributed by atoms with Crippen molar-refractivity contribution in [2.75, 3.05) is 5.75 Å². The number of hydrogen-bond donors (Lipinski definition) is 0. The summed E-state index contributed by atoms with van der Waals surface area (Å²) in [5.41, 5.74) is 3.45. The van der Waals surface area contributed by atoms with E-state index in [0.717, 1.165) is 30.4 Å². The van der Waals surface area contributed by atoms with Crippen molar-refractivity contribution in [2.45, 2.75) is 43.2 Å². The van der Waals surface area contributed by atoms with Crippen LogP contribution in [0.25, 0.3) is 0 Å². The minimum absolute atomic E-state index is 0.0808. The fourth-order valence-electron chi connectivity index (χ4n) is 2.57. The molecule has 0 aliphatic carbocycles. The maximum atomic E-state index is 12.2. The van der Waals surface area contributed by atoms with Gasteiger partial charge in [0.15, 0.2) is 9.84 Å². The second-order valence-corrected chi connectivity index (χ2v) is 8.49. The van der Waals surface area contributed by atoms with E-state index < -0.39 is 9.84 Å². The maximum absolute atomic E-state index is 12.2. The molecule has 0 spiro atoms. The molecular weight excluding hydrogens is 312 g/mol. The Bertz CT molecular complexity index is 537. The Labute approximate surface area is 118 Å². The molecule has 0 aromatic heterocycles. The minimum Gasteiger partial charge on any atom is -0.228 e. The summed E-state index contributed by atoms with van der Waals surface area (Å²) in [4.78, 5) is -0.0808. The fourth-order valence-corrected chi connectivity index (χ4v) is 6.26. The van der Waals surface area contributed by atoms with Crippen LogP contribution in [0.4, 0.5) is 0 Å². The van der Waals surface area contributed by atoms with Crippen LogP contribution in [-0.4, -0.2) is 19.4 Å². The molecule has 0 N–H and O–H groups in total. The molecule has 1 saturated heterocycles. The first-order valence-electron chi connectivity index (χ1n) is 6.34. The molecule has 2 unspecified atom stereocenters. The van der Waals surface area contributed by atoms with Crippen LogP contribution in [0.2, 0.25) is 0 Å². The van der Waals surface area contributed by atoms with Crippen LogP contribution < -0.4 is 0 Å². The number of halogens is 1. The average molecular weight is 331 g/mol. The molecule has 0 radical (unpaired) electrons. The molecule has 1 aliphatic heterocycles. The molecule has 1 fully saturated rings. The summed E-state index contributed by atoms with van der Waals surface area (Å²) in [6.07, 6.45) is 2.59. The van der Waals surface area contributed by atoms with Gasteiger partial charge in [-0.25, -0.2) is 8.42 Å². The first kappa shape index (κ1) is 14.1. The summed E-state index contributed by atoms with van der Waals surface area (Å²) in [5, 5.41) is -0.272. The number of rotatable bonds is 2. The van der Waals surface area contributed by atoms with E-state index >= 15 is 0 Å². The Hall–Kier alpha value is -0.350. The molecule has 2 nitrogen and oxygen atoms in total. The highest BCUT2D eigenvalue weighted by Crippen LogP contribution is 2.38. The third-order valence-corrected chi connectivity index (χ3v) is 7.46. The molecule has 100 valence electrons. The normalized spacial score (nSPS) is 24.7. The molecule has 1 heterocycles. The van der Waals surface area contributed by atoms with Gasteiger partial charge < -0.3 is 0 Å². The van der Waals surface area contributed by atoms with E-state index in [2.05, 4.69) is 34.1 Å². The Morgan fingerprint density at radius 2 is 2.00 bits per heavy atom. The predicted molar refractivity (Wildman–Crippen MR) is 79.0 cm³/mol. The molecule has 2 rings (SSSR count). The van der Waals surface area contributed by atoms with Crippen LogP contribution in [0.5, 0.6) is 0 Å². The van der Waals surface area contributed by atoms with Gasteiger partial charge in [-0.2, -0.15) is 0 Å². The monoisotopic (exact) mass is 330 g/mol. The minimum atomic E-state index is -2.95. The van der Waals surface area contributed by atoms with Crippen molar-refractivity contribution < 1.29 is 8.42 Å². The zero-order valence-electron chi connectivity index (χ0n) is 10.8. The molecule has 1 aliphatic rings. The van der Waals surface area contributed by atoms with Gasteiger partial charge in [0.25, 0.3) is 0 Å². The van der Waals surface area contributed by atoms with Crippen LogP contribution in [0.3, 0.4) is 0 Å². The lowest BCUT2D eigenvalue weighted by Crippen LogP contribution is -2.32. The summed E-state index contributed by atoms with van der Waals surface area (Å²) in [6, 6.07) is 6.22. The Balaban J connectivity index is 2.35. The van der Waals surface area contributed by atoms with Gasteiger partial charge in [0.2, 0.25) is 0 Å². The van der Waals surface area contributed by atoms with Crippen molar-refractivity contribution >= 4 is 25.8 Å². The zero-order valence-corrected chi connectivity index (χ0v) is 13.2. The lowest BCUT2D eigenvalue weighted by Gasteiger charge is -2.27. The molecule has 18 heavy (non-hydrogen) atoms. The second-order valence-electron chi connectivity index (χ2n) is 5.16. The molecule has 4 heteroatoms. The lowest BCUT2D eigenvalue weighted by molar-refractivity contribution is 0.536. The predicted octanol–water partition coefficient (Wildman–Crippen LogP) is 3.71. The Morgan fingerprint density at radius 1 is 1.28 bits per heavy atom. The van der Waals surface area contributed by atoms with Crippen molar-refractivity contribution in [3.8, 4) is 0 Å². The highest BCUT2D eigenvalue weighted by Gasteiger charge is 2.35. The Morgan fingerprint density at radius 3 is 2.67 bits per heavy atom. The third kappa shape index (κ3) is 2.80. The van der Waals surface area contributed by atoms with Crippen molar-refractivity contribution in [2.24, 2.45) is 0 Å². The van der Waals surface area contributed by atoms with Crippen LogP contribution in [0, 0.1) is 13.8 Å². The first-order valence-corrected chi connectivity index (χ1v) is 8.98. The molecule has 1 aromatic carbocycles. The Kier molecular flexibility index (Phi) is 4.17. The summed E-state index contributed by atoms with van der Waals surface area (Å²) in [6.45, 7) is 4.08. The van der Waals surface area contributed by atoms with Crippen molar-refractivity contribution in [3.63, 3.8) is 0 Å². The summed E-state index contributed by atoms with van der Waals surface area (Å²) in [5.74, 6) is 0.338. The van der Waals surface area contributed by atoms with Crippen molar-refractivity contribution in [3.05, 3.63) is 34.9 Å². The van der Waals surface area contributed by atoms with Gasteiger partial charge in [-0.15, -0.1) is 0 Å².